The topological polar surface area (TPSA) is 117 Å². The number of carbonyl (C=O) groups is 3. The molecule has 10 nitrogen and oxygen atoms in total. The fourth-order valence-corrected chi connectivity index (χ4v) is 5.77. The highest BCUT2D eigenvalue weighted by Gasteiger charge is 2.39. The predicted octanol–water partition coefficient (Wildman–Crippen LogP) is 4.37. The van der Waals surface area contributed by atoms with Gasteiger partial charge in [-0.1, -0.05) is 23.2 Å². The zero-order valence-electron chi connectivity index (χ0n) is 21.9. The largest absolute Gasteiger partial charge is 0.445 e. The molecule has 3 amide bonds. The van der Waals surface area contributed by atoms with Crippen LogP contribution in [0.1, 0.15) is 30.5 Å². The summed E-state index contributed by atoms with van der Waals surface area (Å²) in [4.78, 5) is 53.7. The number of nitrogens with zero attached hydrogens (tertiary/aromatic N) is 3. The Labute approximate surface area is 240 Å². The molecule has 2 saturated heterocycles. The molecule has 5 rings (SSSR count). The van der Waals surface area contributed by atoms with Crippen molar-refractivity contribution in [3.8, 4) is 5.69 Å². The number of H-pyrrole nitrogens is 1. The Balaban J connectivity index is 1.10. The number of hydrogen-bond acceptors (Lipinski definition) is 5. The van der Waals surface area contributed by atoms with Crippen LogP contribution in [0.4, 0.5) is 10.5 Å². The van der Waals surface area contributed by atoms with E-state index in [1.165, 1.54) is 10.7 Å². The van der Waals surface area contributed by atoms with Gasteiger partial charge in [-0.05, 0) is 67.8 Å². The van der Waals surface area contributed by atoms with E-state index in [2.05, 4.69) is 10.4 Å². The summed E-state index contributed by atoms with van der Waals surface area (Å²) in [6.07, 6.45) is 0.932. The maximum atomic E-state index is 12.9. The molecule has 0 spiro atoms. The third-order valence-electron chi connectivity index (χ3n) is 7.22. The van der Waals surface area contributed by atoms with Crippen LogP contribution in [0, 0.1) is 12.8 Å². The molecule has 12 heteroatoms. The fraction of sp³-hybridized carbons (Fsp3) is 0.357. The van der Waals surface area contributed by atoms with Gasteiger partial charge in [-0.2, -0.15) is 0 Å². The lowest BCUT2D eigenvalue weighted by Gasteiger charge is -2.36. The average Bonchev–Trinajstić information content (AvgIpc) is 3.48. The number of halogens is 2. The van der Waals surface area contributed by atoms with Crippen molar-refractivity contribution < 1.29 is 19.1 Å². The summed E-state index contributed by atoms with van der Waals surface area (Å²) in [5.41, 5.74) is 2.53. The molecule has 1 atom stereocenters. The van der Waals surface area contributed by atoms with Crippen molar-refractivity contribution in [2.75, 3.05) is 25.0 Å². The van der Waals surface area contributed by atoms with Gasteiger partial charge >= 0.3 is 6.09 Å². The molecule has 40 heavy (non-hydrogen) atoms. The molecule has 3 aromatic rings. The standard InChI is InChI=1S/C28H29Cl2N5O5/c1-17-10-26(37)35(32-17)24-4-2-22(3-5-24)31-27(38)19-13-25(36)34(15-19)23-6-8-33(9-7-23)28(39)40-16-18-11-20(29)14-21(30)12-18/h2-5,10-12,14,19,23,32H,6-9,13,15-16H2,1H3,(H,31,38). The number of benzene rings is 2. The van der Waals surface area contributed by atoms with Gasteiger partial charge in [0.05, 0.1) is 11.6 Å². The van der Waals surface area contributed by atoms with Crippen molar-refractivity contribution >= 4 is 46.8 Å². The molecule has 2 aromatic carbocycles. The minimum atomic E-state index is -0.464. The SMILES string of the molecule is Cc1cc(=O)n(-c2ccc(NC(=O)C3CC(=O)N(C4CCN(C(=O)OCc5cc(Cl)cc(Cl)c5)CC4)C3)cc2)[nH]1. The van der Waals surface area contributed by atoms with E-state index in [1.807, 2.05) is 0 Å². The number of aromatic amines is 1. The summed E-state index contributed by atoms with van der Waals surface area (Å²) in [5.74, 6) is -0.747. The first-order valence-corrected chi connectivity index (χ1v) is 13.8. The van der Waals surface area contributed by atoms with Crippen molar-refractivity contribution in [3.63, 3.8) is 0 Å². The number of likely N-dealkylation sites (tertiary alicyclic amines) is 2. The Morgan fingerprint density at radius 3 is 2.33 bits per heavy atom. The number of nitrogens with one attached hydrogen (secondary N) is 2. The minimum Gasteiger partial charge on any atom is -0.445 e. The number of anilines is 1. The zero-order valence-corrected chi connectivity index (χ0v) is 23.4. The first kappa shape index (κ1) is 27.8. The van der Waals surface area contributed by atoms with Crippen molar-refractivity contribution in [2.45, 2.75) is 38.8 Å². The summed E-state index contributed by atoms with van der Waals surface area (Å²) in [6, 6.07) is 13.4. The van der Waals surface area contributed by atoms with Crippen LogP contribution in [-0.2, 0) is 20.9 Å². The first-order valence-electron chi connectivity index (χ1n) is 13.0. The second-order valence-electron chi connectivity index (χ2n) is 10.1. The average molecular weight is 586 g/mol. The molecule has 210 valence electrons. The second kappa shape index (κ2) is 11.8. The number of aromatic nitrogens is 2. The van der Waals surface area contributed by atoms with Gasteiger partial charge in [-0.3, -0.25) is 19.5 Å². The van der Waals surface area contributed by atoms with E-state index in [-0.39, 0.29) is 36.4 Å². The van der Waals surface area contributed by atoms with E-state index in [0.29, 0.717) is 59.5 Å². The predicted molar refractivity (Wildman–Crippen MR) is 151 cm³/mol. The molecular weight excluding hydrogens is 557 g/mol. The second-order valence-corrected chi connectivity index (χ2v) is 11.0. The zero-order chi connectivity index (χ0) is 28.4. The van der Waals surface area contributed by atoms with Gasteiger partial charge in [0.2, 0.25) is 11.8 Å². The Hall–Kier alpha value is -3.76. The van der Waals surface area contributed by atoms with E-state index in [0.717, 1.165) is 5.69 Å². The summed E-state index contributed by atoms with van der Waals surface area (Å²) in [5, 5.41) is 6.79. The van der Waals surface area contributed by atoms with Crippen LogP contribution in [0.3, 0.4) is 0 Å². The molecule has 2 fully saturated rings. The minimum absolute atomic E-state index is 0.0389. The fourth-order valence-electron chi connectivity index (χ4n) is 5.19. The Morgan fingerprint density at radius 2 is 1.70 bits per heavy atom. The van der Waals surface area contributed by atoms with Crippen LogP contribution in [0.15, 0.2) is 53.3 Å². The maximum absolute atomic E-state index is 12.9. The lowest BCUT2D eigenvalue weighted by atomic mass is 10.0. The molecule has 1 unspecified atom stereocenters. The number of carbonyl (C=O) groups excluding carboxylic acids is 3. The van der Waals surface area contributed by atoms with Crippen molar-refractivity contribution in [3.05, 3.63) is 80.2 Å². The molecule has 2 N–H and O–H groups in total. The number of amides is 3. The highest BCUT2D eigenvalue weighted by Crippen LogP contribution is 2.27. The van der Waals surface area contributed by atoms with Gasteiger partial charge < -0.3 is 19.9 Å². The van der Waals surface area contributed by atoms with Gasteiger partial charge in [0.1, 0.15) is 6.61 Å². The molecular formula is C28H29Cl2N5O5. The van der Waals surface area contributed by atoms with Crippen molar-refractivity contribution in [2.24, 2.45) is 5.92 Å². The van der Waals surface area contributed by atoms with Gasteiger partial charge in [-0.25, -0.2) is 9.48 Å². The van der Waals surface area contributed by atoms with Crippen LogP contribution < -0.4 is 10.9 Å². The summed E-state index contributed by atoms with van der Waals surface area (Å²) in [7, 11) is 0. The number of aryl methyl sites for hydroxylation is 1. The molecule has 2 aliphatic rings. The van der Waals surface area contributed by atoms with Crippen LogP contribution in [0.25, 0.3) is 5.69 Å². The van der Waals surface area contributed by atoms with Gasteiger partial charge in [0, 0.05) is 59.6 Å². The van der Waals surface area contributed by atoms with E-state index in [9.17, 15) is 19.2 Å². The monoisotopic (exact) mass is 585 g/mol. The van der Waals surface area contributed by atoms with Crippen molar-refractivity contribution in [1.82, 2.24) is 19.6 Å². The van der Waals surface area contributed by atoms with Gasteiger partial charge in [0.25, 0.3) is 5.56 Å². The first-order chi connectivity index (χ1) is 19.2. The van der Waals surface area contributed by atoms with E-state index < -0.39 is 12.0 Å². The van der Waals surface area contributed by atoms with Gasteiger partial charge in [-0.15, -0.1) is 0 Å². The Kier molecular flexibility index (Phi) is 8.18. The molecule has 0 aliphatic carbocycles. The molecule has 0 radical (unpaired) electrons. The van der Waals surface area contributed by atoms with Crippen LogP contribution in [0.2, 0.25) is 10.0 Å². The quantitative estimate of drug-likeness (QED) is 0.445. The third kappa shape index (κ3) is 6.34. The van der Waals surface area contributed by atoms with E-state index in [1.54, 1.807) is 59.2 Å². The number of hydrogen-bond donors (Lipinski definition) is 2. The van der Waals surface area contributed by atoms with E-state index >= 15 is 0 Å². The Morgan fingerprint density at radius 1 is 1.02 bits per heavy atom. The number of ether oxygens (including phenoxy) is 1. The number of piperidine rings is 1. The highest BCUT2D eigenvalue weighted by molar-refractivity contribution is 6.34. The summed E-state index contributed by atoms with van der Waals surface area (Å²) >= 11 is 12.0. The van der Waals surface area contributed by atoms with Gasteiger partial charge in [0.15, 0.2) is 0 Å². The van der Waals surface area contributed by atoms with Crippen LogP contribution in [-0.4, -0.2) is 63.2 Å². The summed E-state index contributed by atoms with van der Waals surface area (Å²) in [6.45, 7) is 3.11. The highest BCUT2D eigenvalue weighted by atomic mass is 35.5. The molecule has 0 saturated carbocycles. The lowest BCUT2D eigenvalue weighted by Crippen LogP contribution is -2.47. The maximum Gasteiger partial charge on any atom is 0.410 e. The van der Waals surface area contributed by atoms with Crippen molar-refractivity contribution in [1.29, 1.82) is 0 Å². The van der Waals surface area contributed by atoms with Crippen LogP contribution >= 0.6 is 23.2 Å². The summed E-state index contributed by atoms with van der Waals surface area (Å²) < 4.78 is 6.85. The molecule has 2 aliphatic heterocycles. The molecule has 0 bridgehead atoms. The normalized spacial score (nSPS) is 17.8. The smallest absolute Gasteiger partial charge is 0.410 e. The Bertz CT molecular complexity index is 1460. The molecule has 3 heterocycles. The number of rotatable bonds is 6. The third-order valence-corrected chi connectivity index (χ3v) is 7.66. The lowest BCUT2D eigenvalue weighted by molar-refractivity contribution is -0.130. The van der Waals surface area contributed by atoms with Crippen LogP contribution in [0.5, 0.6) is 0 Å². The molecule has 1 aromatic heterocycles. The van der Waals surface area contributed by atoms with E-state index in [4.69, 9.17) is 27.9 Å².